The number of nitrogens with zero attached hydrogens (tertiary/aromatic N) is 2. The van der Waals surface area contributed by atoms with Crippen LogP contribution in [0.15, 0.2) is 134 Å². The maximum Gasteiger partial charge on any atom is 0.168 e. The van der Waals surface area contributed by atoms with Crippen LogP contribution >= 0.6 is 22.7 Å². The molecule has 0 amide bonds. The van der Waals surface area contributed by atoms with Crippen LogP contribution in [0.3, 0.4) is 0 Å². The Bertz CT molecular complexity index is 2810. The van der Waals surface area contributed by atoms with Gasteiger partial charge in [0.1, 0.15) is 5.52 Å². The summed E-state index contributed by atoms with van der Waals surface area (Å²) in [6.07, 6.45) is 1.58. The Morgan fingerprint density at radius 3 is 1.54 bits per heavy atom. The van der Waals surface area contributed by atoms with Crippen molar-refractivity contribution in [3.8, 4) is 33.5 Å². The first kappa shape index (κ1) is 27.5. The molecule has 10 rings (SSSR count). The molecule has 0 aliphatic rings. The molecule has 226 valence electrons. The molecule has 0 unspecified atom stereocenters. The van der Waals surface area contributed by atoms with Crippen molar-refractivity contribution in [3.05, 3.63) is 145 Å². The lowest BCUT2D eigenvalue weighted by molar-refractivity contribution is 0.525. The molecule has 6 aromatic carbocycles. The molecule has 48 heavy (non-hydrogen) atoms. The zero-order valence-electron chi connectivity index (χ0n) is 25.2. The summed E-state index contributed by atoms with van der Waals surface area (Å²) < 4.78 is 35.2. The standard InChI is InChI=1S/C42H22F2N2S2/c43-39-30-8-5-17-45-41(30)42-31(40(39)44)13-14-34(46-42)27-19-25(23-11-15-37-32(21-23)28-6-1-3-9-35(28)47-37)18-26(20-27)24-12-16-38-33(22-24)29-7-2-4-10-36(29)48-38/h1-22H. The van der Waals surface area contributed by atoms with Gasteiger partial charge in [0.15, 0.2) is 11.6 Å². The molecule has 0 N–H and O–H groups in total. The minimum atomic E-state index is -0.911. The minimum Gasteiger partial charge on any atom is -0.254 e. The van der Waals surface area contributed by atoms with Crippen molar-refractivity contribution in [2.45, 2.75) is 0 Å². The van der Waals surface area contributed by atoms with Crippen molar-refractivity contribution >= 4 is 84.8 Å². The van der Waals surface area contributed by atoms with E-state index in [1.54, 1.807) is 53.1 Å². The Kier molecular flexibility index (Phi) is 6.01. The Morgan fingerprint density at radius 1 is 0.396 bits per heavy atom. The average Bonchev–Trinajstić information content (AvgIpc) is 3.71. The first-order chi connectivity index (χ1) is 23.6. The summed E-state index contributed by atoms with van der Waals surface area (Å²) in [5.41, 5.74) is 6.50. The highest BCUT2D eigenvalue weighted by molar-refractivity contribution is 7.26. The van der Waals surface area contributed by atoms with E-state index < -0.39 is 11.6 Å². The molecule has 0 atom stereocenters. The van der Waals surface area contributed by atoms with Crippen molar-refractivity contribution in [1.82, 2.24) is 9.97 Å². The summed E-state index contributed by atoms with van der Waals surface area (Å²) in [7, 11) is 0. The third-order valence-electron chi connectivity index (χ3n) is 9.24. The summed E-state index contributed by atoms with van der Waals surface area (Å²) >= 11 is 3.60. The van der Waals surface area contributed by atoms with Crippen molar-refractivity contribution in [2.75, 3.05) is 0 Å². The van der Waals surface area contributed by atoms with E-state index in [2.05, 4.69) is 108 Å². The molecular formula is C42H22F2N2S2. The van der Waals surface area contributed by atoms with E-state index in [1.165, 1.54) is 40.3 Å². The van der Waals surface area contributed by atoms with Crippen LogP contribution in [0.5, 0.6) is 0 Å². The molecule has 0 spiro atoms. The Hall–Kier alpha value is -5.56. The van der Waals surface area contributed by atoms with E-state index >= 15 is 4.39 Å². The fourth-order valence-electron chi connectivity index (χ4n) is 6.91. The van der Waals surface area contributed by atoms with Gasteiger partial charge in [0.25, 0.3) is 0 Å². The number of rotatable bonds is 3. The maximum atomic E-state index is 15.2. The number of hydrogen-bond acceptors (Lipinski definition) is 4. The molecular weight excluding hydrogens is 635 g/mol. The van der Waals surface area contributed by atoms with Crippen LogP contribution in [0, 0.1) is 11.6 Å². The molecule has 2 nitrogen and oxygen atoms in total. The third kappa shape index (κ3) is 4.20. The molecule has 6 heteroatoms. The van der Waals surface area contributed by atoms with Gasteiger partial charge >= 0.3 is 0 Å². The van der Waals surface area contributed by atoms with E-state index in [-0.39, 0.29) is 10.8 Å². The van der Waals surface area contributed by atoms with Gasteiger partial charge in [0.05, 0.1) is 11.2 Å². The molecule has 0 saturated carbocycles. The average molecular weight is 657 g/mol. The third-order valence-corrected chi connectivity index (χ3v) is 11.5. The highest BCUT2D eigenvalue weighted by Gasteiger charge is 2.18. The van der Waals surface area contributed by atoms with Gasteiger partial charge in [-0.3, -0.25) is 4.98 Å². The van der Waals surface area contributed by atoms with Gasteiger partial charge in [-0.1, -0.05) is 48.5 Å². The zero-order chi connectivity index (χ0) is 31.9. The van der Waals surface area contributed by atoms with Crippen LogP contribution in [0.4, 0.5) is 8.78 Å². The molecule has 0 radical (unpaired) electrons. The number of benzene rings is 6. The van der Waals surface area contributed by atoms with Gasteiger partial charge in [-0.2, -0.15) is 0 Å². The SMILES string of the molecule is Fc1c(F)c2ccc(-c3cc(-c4ccc5sc6ccccc6c5c4)cc(-c4ccc5sc6ccccc6c5c4)c3)nc2c2ncccc12. The van der Waals surface area contributed by atoms with E-state index in [4.69, 9.17) is 4.98 Å². The minimum absolute atomic E-state index is 0.114. The largest absolute Gasteiger partial charge is 0.254 e. The van der Waals surface area contributed by atoms with Crippen molar-refractivity contribution < 1.29 is 8.78 Å². The van der Waals surface area contributed by atoms with Crippen LogP contribution in [0.1, 0.15) is 0 Å². The van der Waals surface area contributed by atoms with Gasteiger partial charge in [-0.05, 0) is 101 Å². The predicted octanol–water partition coefficient (Wildman–Crippen LogP) is 12.8. The highest BCUT2D eigenvalue weighted by Crippen LogP contribution is 2.41. The topological polar surface area (TPSA) is 25.8 Å². The van der Waals surface area contributed by atoms with Gasteiger partial charge in [0.2, 0.25) is 0 Å². The van der Waals surface area contributed by atoms with Crippen molar-refractivity contribution in [3.63, 3.8) is 0 Å². The maximum absolute atomic E-state index is 15.2. The van der Waals surface area contributed by atoms with Crippen LogP contribution < -0.4 is 0 Å². The predicted molar refractivity (Wildman–Crippen MR) is 199 cm³/mol. The van der Waals surface area contributed by atoms with E-state index in [0.29, 0.717) is 16.7 Å². The molecule has 4 heterocycles. The highest BCUT2D eigenvalue weighted by atomic mass is 32.1. The molecule has 0 fully saturated rings. The zero-order valence-corrected chi connectivity index (χ0v) is 26.8. The molecule has 10 aromatic rings. The molecule has 4 aromatic heterocycles. The summed E-state index contributed by atoms with van der Waals surface area (Å²) in [4.78, 5) is 9.35. The number of fused-ring (bicyclic) bond motifs is 9. The van der Waals surface area contributed by atoms with Gasteiger partial charge in [0, 0.05) is 62.9 Å². The molecule has 0 bridgehead atoms. The first-order valence-electron chi connectivity index (χ1n) is 15.6. The quantitative estimate of drug-likeness (QED) is 0.177. The monoisotopic (exact) mass is 656 g/mol. The second-order valence-corrected chi connectivity index (χ2v) is 14.2. The fraction of sp³-hybridized carbons (Fsp3) is 0. The normalized spacial score (nSPS) is 12.0. The van der Waals surface area contributed by atoms with Gasteiger partial charge < -0.3 is 0 Å². The fourth-order valence-corrected chi connectivity index (χ4v) is 9.08. The Balaban J connectivity index is 1.22. The smallest absolute Gasteiger partial charge is 0.168 e. The van der Waals surface area contributed by atoms with Crippen molar-refractivity contribution in [2.24, 2.45) is 0 Å². The summed E-state index contributed by atoms with van der Waals surface area (Å²) in [6.45, 7) is 0. The van der Waals surface area contributed by atoms with Gasteiger partial charge in [-0.25, -0.2) is 13.8 Å². The van der Waals surface area contributed by atoms with E-state index in [9.17, 15) is 4.39 Å². The van der Waals surface area contributed by atoms with Crippen LogP contribution in [-0.4, -0.2) is 9.97 Å². The summed E-state index contributed by atoms with van der Waals surface area (Å²) in [5, 5.41) is 5.18. The second kappa shape index (κ2) is 10.5. The molecule has 0 saturated heterocycles. The summed E-state index contributed by atoms with van der Waals surface area (Å²) in [6, 6.07) is 43.4. The lowest BCUT2D eigenvalue weighted by atomic mass is 9.93. The van der Waals surface area contributed by atoms with Crippen LogP contribution in [0.25, 0.3) is 95.7 Å². The Labute approximate surface area is 281 Å². The molecule has 0 aliphatic carbocycles. The Morgan fingerprint density at radius 2 is 0.917 bits per heavy atom. The van der Waals surface area contributed by atoms with Crippen molar-refractivity contribution in [1.29, 1.82) is 0 Å². The summed E-state index contributed by atoms with van der Waals surface area (Å²) in [5.74, 6) is -1.82. The van der Waals surface area contributed by atoms with E-state index in [0.717, 1.165) is 27.8 Å². The molecule has 0 aliphatic heterocycles. The second-order valence-electron chi connectivity index (χ2n) is 12.0. The van der Waals surface area contributed by atoms with E-state index in [1.807, 2.05) is 0 Å². The van der Waals surface area contributed by atoms with Crippen LogP contribution in [-0.2, 0) is 0 Å². The number of halogens is 2. The number of aromatic nitrogens is 2. The number of hydrogen-bond donors (Lipinski definition) is 0. The number of thiophene rings is 2. The van der Waals surface area contributed by atoms with Gasteiger partial charge in [-0.15, -0.1) is 22.7 Å². The first-order valence-corrected chi connectivity index (χ1v) is 17.2. The number of pyridine rings is 2. The van der Waals surface area contributed by atoms with Crippen LogP contribution in [0.2, 0.25) is 0 Å². The lowest BCUT2D eigenvalue weighted by Gasteiger charge is -2.13. The lowest BCUT2D eigenvalue weighted by Crippen LogP contribution is -1.96.